The van der Waals surface area contributed by atoms with Crippen LogP contribution in [0.5, 0.6) is 17.2 Å². The molecule has 6 nitrogen and oxygen atoms in total. The highest BCUT2D eigenvalue weighted by Crippen LogP contribution is 2.40. The van der Waals surface area contributed by atoms with Crippen LogP contribution in [0.4, 0.5) is 0 Å². The first-order valence-corrected chi connectivity index (χ1v) is 7.89. The first-order chi connectivity index (χ1) is 10.8. The first kappa shape index (κ1) is 14.8. The fourth-order valence-corrected chi connectivity index (χ4v) is 2.85. The van der Waals surface area contributed by atoms with Gasteiger partial charge < -0.3 is 19.5 Å². The maximum absolute atomic E-state index is 11.8. The number of nitrogens with zero attached hydrogens (tertiary/aromatic N) is 1. The number of aliphatic imine (C=N–C) groups is 1. The average Bonchev–Trinajstić information content (AvgIpc) is 3.05. The molecule has 22 heavy (non-hydrogen) atoms. The van der Waals surface area contributed by atoms with Crippen LogP contribution in [0.2, 0.25) is 0 Å². The molecule has 0 saturated carbocycles. The molecule has 2 heterocycles. The lowest BCUT2D eigenvalue weighted by atomic mass is 10.1. The minimum absolute atomic E-state index is 0.206. The zero-order chi connectivity index (χ0) is 15.4. The van der Waals surface area contributed by atoms with Crippen LogP contribution < -0.4 is 19.5 Å². The molecule has 7 heteroatoms. The summed E-state index contributed by atoms with van der Waals surface area (Å²) in [6.07, 6.45) is 3.17. The average molecular weight is 320 g/mol. The number of methoxy groups -OCH3 is 1. The van der Waals surface area contributed by atoms with Crippen molar-refractivity contribution in [1.29, 1.82) is 0 Å². The van der Waals surface area contributed by atoms with Crippen molar-refractivity contribution in [3.63, 3.8) is 0 Å². The van der Waals surface area contributed by atoms with Crippen LogP contribution >= 0.6 is 11.8 Å². The molecule has 1 aromatic rings. The van der Waals surface area contributed by atoms with E-state index < -0.39 is 0 Å². The third-order valence-electron chi connectivity index (χ3n) is 3.09. The highest BCUT2D eigenvalue weighted by molar-refractivity contribution is 8.14. The summed E-state index contributed by atoms with van der Waals surface area (Å²) < 4.78 is 16.4. The van der Waals surface area contributed by atoms with E-state index in [0.717, 1.165) is 17.9 Å². The molecule has 0 fully saturated rings. The number of amidine groups is 1. The summed E-state index contributed by atoms with van der Waals surface area (Å²) in [5.74, 6) is 2.53. The van der Waals surface area contributed by atoms with E-state index in [9.17, 15) is 4.79 Å². The summed E-state index contributed by atoms with van der Waals surface area (Å²) in [5, 5.41) is 3.42. The topological polar surface area (TPSA) is 69.2 Å². The smallest absolute Gasteiger partial charge is 0.249 e. The van der Waals surface area contributed by atoms with E-state index in [-0.39, 0.29) is 5.91 Å². The third-order valence-corrected chi connectivity index (χ3v) is 3.98. The number of amides is 1. The summed E-state index contributed by atoms with van der Waals surface area (Å²) in [5.41, 5.74) is 0.803. The molecule has 1 aromatic carbocycles. The number of carbonyl (C=O) groups excluding carboxylic acids is 1. The molecular formula is C15H16N2O4S. The van der Waals surface area contributed by atoms with Crippen LogP contribution in [0, 0.1) is 0 Å². The minimum Gasteiger partial charge on any atom is -0.493 e. The fraction of sp³-hybridized carbons (Fsp3) is 0.333. The Morgan fingerprint density at radius 1 is 1.41 bits per heavy atom. The van der Waals surface area contributed by atoms with Gasteiger partial charge in [0, 0.05) is 11.8 Å². The number of benzene rings is 1. The maximum atomic E-state index is 11.8. The van der Waals surface area contributed by atoms with Gasteiger partial charge in [-0.05, 0) is 23.8 Å². The first-order valence-electron chi connectivity index (χ1n) is 6.90. The Labute approximate surface area is 132 Å². The van der Waals surface area contributed by atoms with Gasteiger partial charge in [0.25, 0.3) is 0 Å². The van der Waals surface area contributed by atoms with E-state index in [2.05, 4.69) is 10.3 Å². The van der Waals surface area contributed by atoms with E-state index in [1.807, 2.05) is 6.07 Å². The molecule has 0 atom stereocenters. The van der Waals surface area contributed by atoms with E-state index in [1.54, 1.807) is 31.0 Å². The lowest BCUT2D eigenvalue weighted by Gasteiger charge is -2.20. The van der Waals surface area contributed by atoms with Crippen molar-refractivity contribution in [1.82, 2.24) is 5.32 Å². The molecule has 2 aliphatic heterocycles. The van der Waals surface area contributed by atoms with Gasteiger partial charge in [-0.25, -0.2) is 0 Å². The Morgan fingerprint density at radius 3 is 3.05 bits per heavy atom. The predicted octanol–water partition coefficient (Wildman–Crippen LogP) is 1.70. The summed E-state index contributed by atoms with van der Waals surface area (Å²) in [6.45, 7) is 1.75. The van der Waals surface area contributed by atoms with Crippen molar-refractivity contribution >= 4 is 28.9 Å². The Morgan fingerprint density at radius 2 is 2.27 bits per heavy atom. The monoisotopic (exact) mass is 320 g/mol. The lowest BCUT2D eigenvalue weighted by molar-refractivity contribution is -0.115. The number of rotatable bonds is 3. The Balaban J connectivity index is 1.74. The zero-order valence-corrected chi connectivity index (χ0v) is 12.9. The molecule has 0 unspecified atom stereocenters. The van der Waals surface area contributed by atoms with Gasteiger partial charge in [0.15, 0.2) is 16.7 Å². The quantitative estimate of drug-likeness (QED) is 0.859. The Hall–Kier alpha value is -2.15. The van der Waals surface area contributed by atoms with Gasteiger partial charge in [0.2, 0.25) is 11.7 Å². The van der Waals surface area contributed by atoms with Crippen molar-refractivity contribution < 1.29 is 19.0 Å². The van der Waals surface area contributed by atoms with Crippen LogP contribution in [0.15, 0.2) is 23.2 Å². The van der Waals surface area contributed by atoms with Gasteiger partial charge in [-0.2, -0.15) is 0 Å². The summed E-state index contributed by atoms with van der Waals surface area (Å²) >= 11 is 1.54. The van der Waals surface area contributed by atoms with E-state index in [0.29, 0.717) is 35.6 Å². The number of hydrogen-bond acceptors (Lipinski definition) is 6. The number of thioether (sulfide) groups is 1. The van der Waals surface area contributed by atoms with Crippen LogP contribution in [-0.2, 0) is 4.79 Å². The molecule has 0 spiro atoms. The van der Waals surface area contributed by atoms with Crippen LogP contribution in [0.3, 0.4) is 0 Å². The lowest BCUT2D eigenvalue weighted by Crippen LogP contribution is -2.25. The standard InChI is InChI=1S/C15H16N2O4S/c1-19-11-8-10(9-12-14(11)21-6-5-20-12)2-3-13(18)17-15-16-4-7-22-15/h2-3,8-9H,4-7H2,1H3,(H,16,17,18). The van der Waals surface area contributed by atoms with Crippen LogP contribution in [0.1, 0.15) is 5.56 Å². The molecule has 116 valence electrons. The zero-order valence-electron chi connectivity index (χ0n) is 12.1. The molecule has 0 bridgehead atoms. The highest BCUT2D eigenvalue weighted by Gasteiger charge is 2.17. The molecule has 1 N–H and O–H groups in total. The van der Waals surface area contributed by atoms with Gasteiger partial charge in [-0.1, -0.05) is 11.8 Å². The van der Waals surface area contributed by atoms with Gasteiger partial charge in [0.1, 0.15) is 13.2 Å². The number of fused-ring (bicyclic) bond motifs is 1. The third kappa shape index (κ3) is 3.36. The summed E-state index contributed by atoms with van der Waals surface area (Å²) in [7, 11) is 1.57. The maximum Gasteiger partial charge on any atom is 0.249 e. The number of nitrogens with one attached hydrogen (secondary N) is 1. The van der Waals surface area contributed by atoms with Crippen molar-refractivity contribution in [3.8, 4) is 17.2 Å². The van der Waals surface area contributed by atoms with E-state index >= 15 is 0 Å². The molecule has 0 aromatic heterocycles. The van der Waals surface area contributed by atoms with Crippen molar-refractivity contribution in [3.05, 3.63) is 23.8 Å². The van der Waals surface area contributed by atoms with Crippen LogP contribution in [-0.4, -0.2) is 43.7 Å². The molecule has 0 saturated heterocycles. The van der Waals surface area contributed by atoms with Crippen molar-refractivity contribution in [2.75, 3.05) is 32.6 Å². The van der Waals surface area contributed by atoms with Gasteiger partial charge >= 0.3 is 0 Å². The van der Waals surface area contributed by atoms with Crippen LogP contribution in [0.25, 0.3) is 6.08 Å². The van der Waals surface area contributed by atoms with Gasteiger partial charge in [0.05, 0.1) is 13.7 Å². The molecule has 0 aliphatic carbocycles. The second kappa shape index (κ2) is 6.74. The van der Waals surface area contributed by atoms with Crippen molar-refractivity contribution in [2.24, 2.45) is 4.99 Å². The molecule has 1 amide bonds. The minimum atomic E-state index is -0.206. The normalized spacial score (nSPS) is 16.5. The van der Waals surface area contributed by atoms with Crippen molar-refractivity contribution in [2.45, 2.75) is 0 Å². The Bertz CT molecular complexity index is 625. The highest BCUT2D eigenvalue weighted by atomic mass is 32.2. The molecular weight excluding hydrogens is 304 g/mol. The Kier molecular flexibility index (Phi) is 4.53. The molecule has 3 rings (SSSR count). The van der Waals surface area contributed by atoms with E-state index in [1.165, 1.54) is 6.08 Å². The van der Waals surface area contributed by atoms with Gasteiger partial charge in [-0.15, -0.1) is 0 Å². The van der Waals surface area contributed by atoms with E-state index in [4.69, 9.17) is 14.2 Å². The van der Waals surface area contributed by atoms with Gasteiger partial charge in [-0.3, -0.25) is 9.79 Å². The predicted molar refractivity (Wildman–Crippen MR) is 85.9 cm³/mol. The fourth-order valence-electron chi connectivity index (χ4n) is 2.12. The second-order valence-corrected chi connectivity index (χ2v) is 5.69. The largest absolute Gasteiger partial charge is 0.493 e. The summed E-state index contributed by atoms with van der Waals surface area (Å²) in [6, 6.07) is 3.63. The second-order valence-electron chi connectivity index (χ2n) is 4.61. The molecule has 0 radical (unpaired) electrons. The SMILES string of the molecule is COc1cc(C=CC(=O)NC2=NCCS2)cc2c1OCCO2. The summed E-state index contributed by atoms with van der Waals surface area (Å²) in [4.78, 5) is 16.0. The number of carbonyl (C=O) groups is 1. The number of ether oxygens (including phenoxy) is 3. The number of hydrogen-bond donors (Lipinski definition) is 1. The molecule has 2 aliphatic rings.